The zero-order chi connectivity index (χ0) is 76.4. The van der Waals surface area contributed by atoms with Crippen molar-refractivity contribution in [1.82, 2.24) is 0 Å². The van der Waals surface area contributed by atoms with E-state index < -0.39 is 97.5 Å². The Bertz CT molecular complexity index is 2000. The van der Waals surface area contributed by atoms with E-state index >= 15 is 0 Å². The third-order valence-corrected chi connectivity index (χ3v) is 22.2. The van der Waals surface area contributed by atoms with Gasteiger partial charge < -0.3 is 33.8 Å². The highest BCUT2D eigenvalue weighted by Gasteiger charge is 2.30. The quantitative estimate of drug-likeness (QED) is 0.0222. The van der Waals surface area contributed by atoms with Gasteiger partial charge in [0.25, 0.3) is 0 Å². The normalized spacial score (nSPS) is 14.1. The van der Waals surface area contributed by atoms with Crippen molar-refractivity contribution in [3.05, 3.63) is 0 Å². The van der Waals surface area contributed by atoms with Crippen LogP contribution in [0.25, 0.3) is 0 Å². The van der Waals surface area contributed by atoms with Crippen molar-refractivity contribution < 1.29 is 80.2 Å². The van der Waals surface area contributed by atoms with Gasteiger partial charge in [-0.2, -0.15) is 0 Å². The van der Waals surface area contributed by atoms with E-state index in [0.717, 1.165) is 102 Å². The molecule has 0 aromatic heterocycles. The molecule has 3 unspecified atom stereocenters. The van der Waals surface area contributed by atoms with Crippen LogP contribution >= 0.6 is 15.6 Å². The molecule has 0 bridgehead atoms. The van der Waals surface area contributed by atoms with Crippen LogP contribution in [0.2, 0.25) is 0 Å². The van der Waals surface area contributed by atoms with E-state index in [0.29, 0.717) is 25.7 Å². The molecule has 0 amide bonds. The Morgan fingerprint density at radius 1 is 0.279 bits per heavy atom. The maximum Gasteiger partial charge on any atom is 0.472 e. The van der Waals surface area contributed by atoms with Crippen LogP contribution in [0.15, 0.2) is 0 Å². The molecule has 0 aliphatic carbocycles. The van der Waals surface area contributed by atoms with Gasteiger partial charge in [0.15, 0.2) is 12.2 Å². The molecule has 0 spiro atoms. The Kier molecular flexibility index (Phi) is 75.0. The summed E-state index contributed by atoms with van der Waals surface area (Å²) in [6.07, 6.45) is 68.1. The average molecular weight is 1520 g/mol. The highest BCUT2D eigenvalue weighted by Crippen LogP contribution is 2.45. The Morgan fingerprint density at radius 2 is 0.490 bits per heavy atom. The van der Waals surface area contributed by atoms with Crippen LogP contribution < -0.4 is 0 Å². The predicted molar refractivity (Wildman–Crippen MR) is 428 cm³/mol. The molecule has 0 fully saturated rings. The molecule has 0 aromatic carbocycles. The highest BCUT2D eigenvalue weighted by molar-refractivity contribution is 7.47. The third kappa shape index (κ3) is 76.8. The zero-order valence-corrected chi connectivity index (χ0v) is 70.1. The summed E-state index contributed by atoms with van der Waals surface area (Å²) in [5.74, 6) is -0.506. The van der Waals surface area contributed by atoms with Crippen LogP contribution in [0.3, 0.4) is 0 Å². The van der Waals surface area contributed by atoms with E-state index in [1.54, 1.807) is 0 Å². The second kappa shape index (κ2) is 76.4. The van der Waals surface area contributed by atoms with E-state index in [9.17, 15) is 43.2 Å². The summed E-state index contributed by atoms with van der Waals surface area (Å²) in [4.78, 5) is 73.1. The first-order valence-corrected chi connectivity index (χ1v) is 47.0. The van der Waals surface area contributed by atoms with E-state index in [2.05, 4.69) is 41.5 Å². The van der Waals surface area contributed by atoms with Crippen molar-refractivity contribution in [3.63, 3.8) is 0 Å². The minimum absolute atomic E-state index is 0.107. The number of ether oxygens (including phenoxy) is 4. The van der Waals surface area contributed by atoms with Gasteiger partial charge in [-0.05, 0) is 37.5 Å². The van der Waals surface area contributed by atoms with Crippen molar-refractivity contribution >= 4 is 39.5 Å². The fourth-order valence-corrected chi connectivity index (χ4v) is 14.8. The summed E-state index contributed by atoms with van der Waals surface area (Å²) >= 11 is 0. The van der Waals surface area contributed by atoms with E-state index in [-0.39, 0.29) is 25.7 Å². The largest absolute Gasteiger partial charge is 0.472 e. The van der Waals surface area contributed by atoms with E-state index in [1.807, 2.05) is 0 Å². The van der Waals surface area contributed by atoms with Crippen molar-refractivity contribution in [3.8, 4) is 0 Å². The van der Waals surface area contributed by atoms with Gasteiger partial charge in [0, 0.05) is 25.7 Å². The van der Waals surface area contributed by atoms with Gasteiger partial charge in [0.2, 0.25) is 0 Å². The maximum absolute atomic E-state index is 13.1. The molecule has 0 saturated heterocycles. The van der Waals surface area contributed by atoms with Gasteiger partial charge in [0.05, 0.1) is 26.4 Å². The lowest BCUT2D eigenvalue weighted by Crippen LogP contribution is -2.30. The van der Waals surface area contributed by atoms with Crippen molar-refractivity contribution in [2.45, 2.75) is 471 Å². The second-order valence-corrected chi connectivity index (χ2v) is 34.2. The van der Waals surface area contributed by atoms with Gasteiger partial charge in [-0.25, -0.2) is 9.13 Å². The molecule has 0 saturated carbocycles. The van der Waals surface area contributed by atoms with Crippen LogP contribution in [0.4, 0.5) is 0 Å². The lowest BCUT2D eigenvalue weighted by Gasteiger charge is -2.21. The SMILES string of the molecule is CCCCCCCCCCCCCCCCCCCCCC(=O)OC[C@H](COP(=O)(O)OC[C@@H](O)COP(=O)(O)OC[C@@H](COC(=O)CCCCCCCCCCC(C)C)OC(=O)CCCCCCCCCCCCCC)OC(=O)CCCCCCCCCCCCCCCCCCCCC(C)CC. The zero-order valence-electron chi connectivity index (χ0n) is 68.3. The number of phosphoric ester groups is 2. The van der Waals surface area contributed by atoms with Crippen LogP contribution in [-0.4, -0.2) is 96.7 Å². The molecule has 0 radical (unpaired) electrons. The first-order chi connectivity index (χ1) is 50.4. The summed E-state index contributed by atoms with van der Waals surface area (Å²) in [5, 5.41) is 10.7. The molecule has 104 heavy (non-hydrogen) atoms. The minimum atomic E-state index is -4.97. The number of carbonyl (C=O) groups is 4. The summed E-state index contributed by atoms with van der Waals surface area (Å²) < 4.78 is 68.8. The Hall–Kier alpha value is -1.94. The monoisotopic (exact) mass is 1520 g/mol. The molecule has 0 aromatic rings. The third-order valence-electron chi connectivity index (χ3n) is 20.3. The number of hydrogen-bond acceptors (Lipinski definition) is 15. The topological polar surface area (TPSA) is 237 Å². The number of aliphatic hydroxyl groups excluding tert-OH is 1. The van der Waals surface area contributed by atoms with E-state index in [1.165, 1.54) is 270 Å². The molecule has 19 heteroatoms. The first-order valence-electron chi connectivity index (χ1n) is 44.0. The molecule has 0 heterocycles. The number of carbonyl (C=O) groups excluding carboxylic acids is 4. The number of phosphoric acid groups is 2. The number of unbranched alkanes of at least 4 members (excludes halogenated alkanes) is 53. The smallest absolute Gasteiger partial charge is 0.462 e. The van der Waals surface area contributed by atoms with Crippen molar-refractivity contribution in [2.75, 3.05) is 39.6 Å². The Labute approximate surface area is 638 Å². The summed E-state index contributed by atoms with van der Waals surface area (Å²) in [6.45, 7) is 9.69. The van der Waals surface area contributed by atoms with Crippen LogP contribution in [0.5, 0.6) is 0 Å². The molecule has 3 N–H and O–H groups in total. The van der Waals surface area contributed by atoms with Gasteiger partial charge in [-0.15, -0.1) is 0 Å². The molecule has 6 atom stereocenters. The molecule has 17 nitrogen and oxygen atoms in total. The highest BCUT2D eigenvalue weighted by atomic mass is 31.2. The molecule has 0 aliphatic heterocycles. The van der Waals surface area contributed by atoms with Crippen LogP contribution in [0.1, 0.15) is 452 Å². The summed E-state index contributed by atoms with van der Waals surface area (Å²) in [6, 6.07) is 0. The van der Waals surface area contributed by atoms with Crippen molar-refractivity contribution in [1.29, 1.82) is 0 Å². The fraction of sp³-hybridized carbons (Fsp3) is 0.953. The van der Waals surface area contributed by atoms with Gasteiger partial charge >= 0.3 is 39.5 Å². The number of esters is 4. The predicted octanol–water partition coefficient (Wildman–Crippen LogP) is 25.8. The summed E-state index contributed by atoms with van der Waals surface area (Å²) in [7, 11) is -9.92. The lowest BCUT2D eigenvalue weighted by molar-refractivity contribution is -0.161. The summed E-state index contributed by atoms with van der Waals surface area (Å²) in [5.41, 5.74) is 0. The van der Waals surface area contributed by atoms with Gasteiger partial charge in [-0.3, -0.25) is 37.3 Å². The minimum Gasteiger partial charge on any atom is -0.462 e. The number of hydrogen-bond donors (Lipinski definition) is 3. The van der Waals surface area contributed by atoms with E-state index in [4.69, 9.17) is 37.0 Å². The molecular formula is C85H166O17P2. The standard InChI is InChI=1S/C85H166O17P2/c1-7-10-12-14-16-18-20-22-23-24-25-29-32-35-39-42-49-55-61-67-82(87)95-73-80(101-85(90)70-64-58-52-44-40-36-33-30-27-26-28-31-34-37-41-48-54-60-66-78(6)9-3)75-99-103(91,92)97-71-79(86)72-98-104(93,94)100-76-81(74-96-83(88)68-62-56-50-46-45-47-53-59-65-77(4)5)102-84(89)69-63-57-51-43-38-21-19-17-15-13-11-8-2/h77-81,86H,7-76H2,1-6H3,(H,91,92)(H,93,94)/t78?,79-,80-,81-/m1/s1. The van der Waals surface area contributed by atoms with Crippen LogP contribution in [-0.2, 0) is 65.4 Å². The van der Waals surface area contributed by atoms with Crippen molar-refractivity contribution in [2.24, 2.45) is 11.8 Å². The van der Waals surface area contributed by atoms with Gasteiger partial charge in [0.1, 0.15) is 19.3 Å². The van der Waals surface area contributed by atoms with Crippen LogP contribution in [0, 0.1) is 11.8 Å². The number of aliphatic hydroxyl groups is 1. The second-order valence-electron chi connectivity index (χ2n) is 31.3. The maximum atomic E-state index is 13.1. The molecule has 0 rings (SSSR count). The molecule has 618 valence electrons. The number of rotatable bonds is 84. The van der Waals surface area contributed by atoms with Gasteiger partial charge in [-0.1, -0.05) is 401 Å². The Balaban J connectivity index is 5.21. The average Bonchev–Trinajstić information content (AvgIpc) is 0.933. The lowest BCUT2D eigenvalue weighted by atomic mass is 9.99. The molecule has 0 aliphatic rings. The fourth-order valence-electron chi connectivity index (χ4n) is 13.2. The first kappa shape index (κ1) is 102. The Morgan fingerprint density at radius 3 is 0.731 bits per heavy atom. The molecular weight excluding hydrogens is 1350 g/mol.